The summed E-state index contributed by atoms with van der Waals surface area (Å²) in [6.07, 6.45) is 5.81. The van der Waals surface area contributed by atoms with E-state index in [4.69, 9.17) is 0 Å². The molecule has 0 unspecified atom stereocenters. The van der Waals surface area contributed by atoms with Crippen LogP contribution >= 0.6 is 0 Å². The average Bonchev–Trinajstić information content (AvgIpc) is 3.21. The molecule has 1 amide bonds. The van der Waals surface area contributed by atoms with Gasteiger partial charge in [0.05, 0.1) is 23.2 Å². The summed E-state index contributed by atoms with van der Waals surface area (Å²) in [5, 5.41) is 13.9. The lowest BCUT2D eigenvalue weighted by molar-refractivity contribution is -0.112. The summed E-state index contributed by atoms with van der Waals surface area (Å²) in [4.78, 5) is 16.8. The van der Waals surface area contributed by atoms with Crippen LogP contribution in [0.4, 0.5) is 23.2 Å². The molecule has 1 aromatic carbocycles. The van der Waals surface area contributed by atoms with Gasteiger partial charge in [0.15, 0.2) is 5.82 Å². The topological polar surface area (TPSA) is 104 Å². The van der Waals surface area contributed by atoms with Gasteiger partial charge >= 0.3 is 13.2 Å². The Hall–Kier alpha value is -4.16. The number of anilines is 1. The van der Waals surface area contributed by atoms with Crippen molar-refractivity contribution in [2.75, 3.05) is 5.32 Å². The van der Waals surface area contributed by atoms with Crippen molar-refractivity contribution < 1.29 is 31.8 Å². The lowest BCUT2D eigenvalue weighted by atomic mass is 10.1. The van der Waals surface area contributed by atoms with Crippen LogP contribution in [0.25, 0.3) is 11.3 Å². The number of alkyl halides is 4. The highest BCUT2D eigenvalue weighted by Gasteiger charge is 2.21. The predicted molar refractivity (Wildman–Crippen MR) is 108 cm³/mol. The van der Waals surface area contributed by atoms with Gasteiger partial charge in [-0.25, -0.2) is 10.0 Å². The van der Waals surface area contributed by atoms with Gasteiger partial charge in [0.2, 0.25) is 0 Å². The molecule has 0 aliphatic carbocycles. The van der Waals surface area contributed by atoms with E-state index >= 15 is 0 Å². The fraction of sp³-hybridized carbons (Fsp3) is 0.158. The number of hydrogen-bond acceptors (Lipinski definition) is 7. The maximum absolute atomic E-state index is 12.8. The van der Waals surface area contributed by atoms with Crippen molar-refractivity contribution in [1.82, 2.24) is 15.2 Å². The number of nitrogens with one attached hydrogen (secondary N) is 2. The second-order valence-electron chi connectivity index (χ2n) is 6.08. The van der Waals surface area contributed by atoms with Crippen LogP contribution in [-0.2, 0) is 4.79 Å². The molecule has 0 fully saturated rings. The number of hydrogen-bond donors (Lipinski definition) is 2. The number of nitrogens with zero attached hydrogens (tertiary/aromatic N) is 4. The minimum Gasteiger partial charge on any atom is -0.435 e. The van der Waals surface area contributed by atoms with Crippen LogP contribution in [0.15, 0.2) is 58.2 Å². The summed E-state index contributed by atoms with van der Waals surface area (Å²) >= 11 is 0. The molecular weight excluding hydrogens is 436 g/mol. The van der Waals surface area contributed by atoms with Gasteiger partial charge in [-0.1, -0.05) is 0 Å². The molecule has 32 heavy (non-hydrogen) atoms. The Balaban J connectivity index is 1.96. The quantitative estimate of drug-likeness (QED) is 0.358. The zero-order chi connectivity index (χ0) is 23.3. The molecule has 168 valence electrons. The van der Waals surface area contributed by atoms with Crippen LogP contribution in [0.3, 0.4) is 0 Å². The number of rotatable bonds is 8. The molecule has 1 aliphatic heterocycles. The number of amides is 1. The van der Waals surface area contributed by atoms with Crippen molar-refractivity contribution in [2.24, 2.45) is 10.1 Å². The Bertz CT molecular complexity index is 1100. The average molecular weight is 452 g/mol. The van der Waals surface area contributed by atoms with Crippen molar-refractivity contribution in [2.45, 2.75) is 20.1 Å². The lowest BCUT2D eigenvalue weighted by Gasteiger charge is -2.18. The number of carbonyl (C=O) groups excluding carboxylic acids is 1. The largest absolute Gasteiger partial charge is 0.435 e. The Morgan fingerprint density at radius 2 is 2.00 bits per heavy atom. The van der Waals surface area contributed by atoms with Crippen molar-refractivity contribution in [1.29, 1.82) is 0 Å². The number of allylic oxidation sites excluding steroid dienone is 1. The second kappa shape index (κ2) is 9.76. The second-order valence-corrected chi connectivity index (χ2v) is 6.08. The smallest absolute Gasteiger partial charge is 0.387 e. The molecule has 2 heterocycles. The number of H-pyrrole nitrogens is 1. The highest BCUT2D eigenvalue weighted by atomic mass is 19.3. The molecule has 3 rings (SSSR count). The zero-order valence-corrected chi connectivity index (χ0v) is 16.4. The maximum atomic E-state index is 12.8. The van der Waals surface area contributed by atoms with E-state index in [1.54, 1.807) is 6.08 Å². The number of aromatic nitrogens is 2. The molecule has 1 aliphatic rings. The molecule has 0 bridgehead atoms. The van der Waals surface area contributed by atoms with E-state index in [1.807, 2.05) is 0 Å². The summed E-state index contributed by atoms with van der Waals surface area (Å²) in [6, 6.07) is 3.13. The molecule has 2 N–H and O–H groups in total. The molecule has 2 aromatic rings. The first-order valence-corrected chi connectivity index (χ1v) is 8.86. The van der Waals surface area contributed by atoms with Crippen LogP contribution in [0.1, 0.15) is 6.92 Å². The first-order chi connectivity index (χ1) is 15.3. The van der Waals surface area contributed by atoms with Gasteiger partial charge in [-0.2, -0.15) is 27.8 Å². The van der Waals surface area contributed by atoms with E-state index in [-0.39, 0.29) is 39.8 Å². The van der Waals surface area contributed by atoms with Crippen molar-refractivity contribution >= 4 is 24.5 Å². The summed E-state index contributed by atoms with van der Waals surface area (Å²) in [7, 11) is 0. The number of ether oxygens (including phenoxy) is 2. The normalized spacial score (nSPS) is 14.7. The third kappa shape index (κ3) is 5.11. The van der Waals surface area contributed by atoms with Crippen LogP contribution < -0.4 is 14.8 Å². The Kier molecular flexibility index (Phi) is 6.87. The molecule has 0 radical (unpaired) electrons. The minimum atomic E-state index is -3.18. The SMILES string of the molecule is C=NN1C=CC=N/C1=C(/C)C(=O)Nc1cn[nH]c1-c1cc(OC(F)F)ccc1OC(F)F. The van der Waals surface area contributed by atoms with Gasteiger partial charge in [0.25, 0.3) is 5.91 Å². The minimum absolute atomic E-state index is 0.0252. The number of aliphatic imine (C=N–C) groups is 1. The van der Waals surface area contributed by atoms with Gasteiger partial charge < -0.3 is 14.8 Å². The summed E-state index contributed by atoms with van der Waals surface area (Å²) in [6.45, 7) is -1.43. The molecule has 13 heteroatoms. The fourth-order valence-corrected chi connectivity index (χ4v) is 2.73. The van der Waals surface area contributed by atoms with Crippen molar-refractivity contribution in [3.63, 3.8) is 0 Å². The van der Waals surface area contributed by atoms with E-state index in [1.165, 1.54) is 30.5 Å². The maximum Gasteiger partial charge on any atom is 0.387 e. The van der Waals surface area contributed by atoms with Gasteiger partial charge in [-0.05, 0) is 31.2 Å². The zero-order valence-electron chi connectivity index (χ0n) is 16.4. The Labute approximate surface area is 178 Å². The van der Waals surface area contributed by atoms with E-state index < -0.39 is 19.1 Å². The molecule has 0 saturated carbocycles. The monoisotopic (exact) mass is 452 g/mol. The van der Waals surface area contributed by atoms with Gasteiger partial charge in [-0.3, -0.25) is 9.89 Å². The summed E-state index contributed by atoms with van der Waals surface area (Å²) in [5.41, 5.74) is 0.160. The highest BCUT2D eigenvalue weighted by Crippen LogP contribution is 2.37. The first-order valence-electron chi connectivity index (χ1n) is 8.86. The molecular formula is C19H16F4N6O3. The molecule has 0 atom stereocenters. The summed E-state index contributed by atoms with van der Waals surface area (Å²) in [5.74, 6) is -1.06. The number of benzene rings is 1. The van der Waals surface area contributed by atoms with Gasteiger partial charge in [0, 0.05) is 24.7 Å². The number of halogens is 4. The number of hydrazone groups is 1. The molecule has 0 saturated heterocycles. The van der Waals surface area contributed by atoms with E-state index in [0.29, 0.717) is 0 Å². The molecule has 1 aromatic heterocycles. The predicted octanol–water partition coefficient (Wildman–Crippen LogP) is 3.97. The third-order valence-electron chi connectivity index (χ3n) is 4.10. The molecule has 0 spiro atoms. The van der Waals surface area contributed by atoms with Crippen molar-refractivity contribution in [3.8, 4) is 22.8 Å². The van der Waals surface area contributed by atoms with E-state index in [0.717, 1.165) is 18.2 Å². The van der Waals surface area contributed by atoms with Crippen molar-refractivity contribution in [3.05, 3.63) is 48.1 Å². The van der Waals surface area contributed by atoms with Gasteiger partial charge in [0.1, 0.15) is 11.5 Å². The van der Waals surface area contributed by atoms with Crippen LogP contribution in [0.2, 0.25) is 0 Å². The lowest BCUT2D eigenvalue weighted by Crippen LogP contribution is -2.20. The fourth-order valence-electron chi connectivity index (χ4n) is 2.73. The van der Waals surface area contributed by atoms with Gasteiger partial charge in [-0.15, -0.1) is 0 Å². The Morgan fingerprint density at radius 1 is 1.25 bits per heavy atom. The van der Waals surface area contributed by atoms with Crippen LogP contribution in [-0.4, -0.2) is 47.3 Å². The van der Waals surface area contributed by atoms with Crippen LogP contribution in [0.5, 0.6) is 11.5 Å². The summed E-state index contributed by atoms with van der Waals surface area (Å²) < 4.78 is 59.6. The first kappa shape index (κ1) is 22.5. The van der Waals surface area contributed by atoms with E-state index in [9.17, 15) is 22.4 Å². The highest BCUT2D eigenvalue weighted by molar-refractivity contribution is 6.05. The Morgan fingerprint density at radius 3 is 2.69 bits per heavy atom. The third-order valence-corrected chi connectivity index (χ3v) is 4.10. The number of carbonyl (C=O) groups is 1. The molecule has 9 nitrogen and oxygen atoms in total. The van der Waals surface area contributed by atoms with E-state index in [2.05, 4.69) is 41.8 Å². The number of aromatic amines is 1. The standard InChI is InChI=1S/C19H16F4N6O3/c1-10(16-25-6-3-7-29(16)24-2)17(30)27-13-9-26-28-15(13)12-8-11(31-18(20)21)4-5-14(12)32-19(22)23/h3-9,18-19H,2H2,1H3,(H,26,28)(H,27,30)/b16-10+. The van der Waals surface area contributed by atoms with Crippen LogP contribution in [0, 0.1) is 0 Å².